The number of aromatic nitrogens is 1. The number of hydrogen-bond acceptors (Lipinski definition) is 5. The predicted octanol–water partition coefficient (Wildman–Crippen LogP) is 1.70. The molecule has 22 heavy (non-hydrogen) atoms. The normalized spacial score (nSPS) is 23.5. The van der Waals surface area contributed by atoms with Crippen LogP contribution in [0.3, 0.4) is 0 Å². The van der Waals surface area contributed by atoms with E-state index >= 15 is 0 Å². The molecule has 1 unspecified atom stereocenters. The Morgan fingerprint density at radius 1 is 1.36 bits per heavy atom. The van der Waals surface area contributed by atoms with Crippen molar-refractivity contribution in [3.63, 3.8) is 0 Å². The molecule has 2 fully saturated rings. The quantitative estimate of drug-likeness (QED) is 0.842. The van der Waals surface area contributed by atoms with Crippen LogP contribution in [0.15, 0.2) is 11.6 Å². The largest absolute Gasteiger partial charge is 0.376 e. The molecule has 5 nitrogen and oxygen atoms in total. The smallest absolute Gasteiger partial charge is 0.169 e. The van der Waals surface area contributed by atoms with Crippen molar-refractivity contribution in [3.8, 4) is 0 Å². The lowest BCUT2D eigenvalue weighted by Gasteiger charge is -2.25. The van der Waals surface area contributed by atoms with Crippen molar-refractivity contribution in [2.24, 2.45) is 0 Å². The SMILES string of the molecule is S=C(NCC1CCCO1)N1CCCN(Cc2nccs2)CC1. The molecule has 0 aliphatic carbocycles. The van der Waals surface area contributed by atoms with Gasteiger partial charge >= 0.3 is 0 Å². The van der Waals surface area contributed by atoms with E-state index in [2.05, 4.69) is 20.1 Å². The Morgan fingerprint density at radius 2 is 2.32 bits per heavy atom. The Hall–Kier alpha value is -0.760. The molecule has 2 aliphatic rings. The number of thiocarbonyl (C=S) groups is 1. The highest BCUT2D eigenvalue weighted by Gasteiger charge is 2.19. The van der Waals surface area contributed by atoms with Crippen LogP contribution in [0, 0.1) is 0 Å². The maximum absolute atomic E-state index is 5.64. The van der Waals surface area contributed by atoms with E-state index in [1.807, 2.05) is 11.6 Å². The summed E-state index contributed by atoms with van der Waals surface area (Å²) in [7, 11) is 0. The first-order valence-corrected chi connectivity index (χ1v) is 9.35. The van der Waals surface area contributed by atoms with Gasteiger partial charge in [0.2, 0.25) is 0 Å². The van der Waals surface area contributed by atoms with E-state index in [9.17, 15) is 0 Å². The van der Waals surface area contributed by atoms with Crippen LogP contribution in [0.25, 0.3) is 0 Å². The van der Waals surface area contributed by atoms with E-state index in [1.54, 1.807) is 11.3 Å². The molecule has 2 saturated heterocycles. The molecule has 122 valence electrons. The van der Waals surface area contributed by atoms with Gasteiger partial charge in [-0.05, 0) is 31.5 Å². The molecule has 1 N–H and O–H groups in total. The Kier molecular flexibility index (Phi) is 6.00. The van der Waals surface area contributed by atoms with Crippen molar-refractivity contribution in [2.75, 3.05) is 39.3 Å². The van der Waals surface area contributed by atoms with Gasteiger partial charge in [-0.1, -0.05) is 0 Å². The predicted molar refractivity (Wildman–Crippen MR) is 93.2 cm³/mol. The zero-order chi connectivity index (χ0) is 15.2. The van der Waals surface area contributed by atoms with Crippen LogP contribution in [0.2, 0.25) is 0 Å². The minimum Gasteiger partial charge on any atom is -0.376 e. The second-order valence-electron chi connectivity index (χ2n) is 5.86. The van der Waals surface area contributed by atoms with Crippen LogP contribution in [0.4, 0.5) is 0 Å². The Morgan fingerprint density at radius 3 is 3.09 bits per heavy atom. The lowest BCUT2D eigenvalue weighted by molar-refractivity contribution is 0.113. The summed E-state index contributed by atoms with van der Waals surface area (Å²) >= 11 is 7.29. The molecule has 3 heterocycles. The van der Waals surface area contributed by atoms with Crippen LogP contribution in [-0.2, 0) is 11.3 Å². The molecule has 0 spiro atoms. The maximum atomic E-state index is 5.64. The summed E-state index contributed by atoms with van der Waals surface area (Å²) in [6, 6.07) is 0. The van der Waals surface area contributed by atoms with Gasteiger partial charge in [-0.25, -0.2) is 4.98 Å². The van der Waals surface area contributed by atoms with Gasteiger partial charge in [0.25, 0.3) is 0 Å². The molecular weight excluding hydrogens is 316 g/mol. The summed E-state index contributed by atoms with van der Waals surface area (Å²) in [6.07, 6.45) is 5.69. The van der Waals surface area contributed by atoms with Crippen molar-refractivity contribution < 1.29 is 4.74 Å². The molecular formula is C15H24N4OS2. The van der Waals surface area contributed by atoms with Gasteiger partial charge in [-0.3, -0.25) is 4.90 Å². The summed E-state index contributed by atoms with van der Waals surface area (Å²) in [5.41, 5.74) is 0. The van der Waals surface area contributed by atoms with Crippen LogP contribution in [0.5, 0.6) is 0 Å². The molecule has 2 aliphatic heterocycles. The van der Waals surface area contributed by atoms with Crippen molar-refractivity contribution in [2.45, 2.75) is 31.9 Å². The standard InChI is InChI=1S/C15H24N4OS2/c21-15(17-11-13-3-1-9-20-13)19-6-2-5-18(7-8-19)12-14-16-4-10-22-14/h4,10,13H,1-3,5-9,11-12H2,(H,17,21). The van der Waals surface area contributed by atoms with E-state index in [0.29, 0.717) is 6.10 Å². The van der Waals surface area contributed by atoms with E-state index in [0.717, 1.165) is 63.8 Å². The fourth-order valence-corrected chi connectivity index (χ4v) is 3.90. The highest BCUT2D eigenvalue weighted by atomic mass is 32.1. The lowest BCUT2D eigenvalue weighted by atomic mass is 10.2. The van der Waals surface area contributed by atoms with Gasteiger partial charge in [-0.15, -0.1) is 11.3 Å². The fourth-order valence-electron chi connectivity index (χ4n) is 2.97. The summed E-state index contributed by atoms with van der Waals surface area (Å²) in [5.74, 6) is 0. The highest BCUT2D eigenvalue weighted by Crippen LogP contribution is 2.12. The molecule has 0 saturated carbocycles. The summed E-state index contributed by atoms with van der Waals surface area (Å²) < 4.78 is 5.64. The number of rotatable bonds is 4. The first-order valence-electron chi connectivity index (χ1n) is 8.06. The first-order chi connectivity index (χ1) is 10.8. The van der Waals surface area contributed by atoms with Gasteiger partial charge < -0.3 is 15.0 Å². The topological polar surface area (TPSA) is 40.6 Å². The van der Waals surface area contributed by atoms with E-state index < -0.39 is 0 Å². The second kappa shape index (κ2) is 8.19. The molecule has 1 aromatic rings. The molecule has 7 heteroatoms. The molecule has 1 aromatic heterocycles. The van der Waals surface area contributed by atoms with Gasteiger partial charge in [-0.2, -0.15) is 0 Å². The van der Waals surface area contributed by atoms with Crippen molar-refractivity contribution in [3.05, 3.63) is 16.6 Å². The fraction of sp³-hybridized carbons (Fsp3) is 0.733. The average molecular weight is 341 g/mol. The Labute approximate surface area is 141 Å². The third-order valence-corrected chi connectivity index (χ3v) is 5.39. The zero-order valence-corrected chi connectivity index (χ0v) is 14.5. The molecule has 0 amide bonds. The molecule has 0 bridgehead atoms. The Balaban J connectivity index is 1.42. The van der Waals surface area contributed by atoms with Gasteiger partial charge in [0.15, 0.2) is 5.11 Å². The molecule has 0 radical (unpaired) electrons. The summed E-state index contributed by atoms with van der Waals surface area (Å²) in [4.78, 5) is 9.15. The average Bonchev–Trinajstić information content (AvgIpc) is 3.16. The van der Waals surface area contributed by atoms with E-state index in [1.165, 1.54) is 11.4 Å². The van der Waals surface area contributed by atoms with Crippen LogP contribution in [0.1, 0.15) is 24.3 Å². The number of nitrogens with zero attached hydrogens (tertiary/aromatic N) is 3. The number of ether oxygens (including phenoxy) is 1. The first kappa shape index (κ1) is 16.1. The number of nitrogens with one attached hydrogen (secondary N) is 1. The van der Waals surface area contributed by atoms with Crippen molar-refractivity contribution in [1.29, 1.82) is 0 Å². The third kappa shape index (κ3) is 4.62. The van der Waals surface area contributed by atoms with Crippen LogP contribution in [-0.4, -0.2) is 65.3 Å². The summed E-state index contributed by atoms with van der Waals surface area (Å²) in [5, 5.41) is 7.51. The molecule has 1 atom stereocenters. The van der Waals surface area contributed by atoms with Crippen LogP contribution < -0.4 is 5.32 Å². The van der Waals surface area contributed by atoms with Gasteiger partial charge in [0.1, 0.15) is 5.01 Å². The number of hydrogen-bond donors (Lipinski definition) is 1. The minimum absolute atomic E-state index is 0.339. The highest BCUT2D eigenvalue weighted by molar-refractivity contribution is 7.80. The third-order valence-electron chi connectivity index (χ3n) is 4.22. The van der Waals surface area contributed by atoms with Crippen molar-refractivity contribution in [1.82, 2.24) is 20.1 Å². The van der Waals surface area contributed by atoms with Gasteiger partial charge in [0, 0.05) is 50.9 Å². The monoisotopic (exact) mass is 340 g/mol. The lowest BCUT2D eigenvalue weighted by Crippen LogP contribution is -2.44. The maximum Gasteiger partial charge on any atom is 0.169 e. The van der Waals surface area contributed by atoms with Crippen LogP contribution >= 0.6 is 23.6 Å². The van der Waals surface area contributed by atoms with E-state index in [-0.39, 0.29) is 0 Å². The number of thiazole rings is 1. The zero-order valence-electron chi connectivity index (χ0n) is 12.9. The summed E-state index contributed by atoms with van der Waals surface area (Å²) in [6.45, 7) is 6.88. The van der Waals surface area contributed by atoms with Crippen molar-refractivity contribution >= 4 is 28.7 Å². The molecule has 0 aromatic carbocycles. The van der Waals surface area contributed by atoms with E-state index in [4.69, 9.17) is 17.0 Å². The second-order valence-corrected chi connectivity index (χ2v) is 7.23. The van der Waals surface area contributed by atoms with Gasteiger partial charge in [0.05, 0.1) is 12.6 Å². The Bertz CT molecular complexity index is 462. The molecule has 3 rings (SSSR count). The minimum atomic E-state index is 0.339.